The molecular weight excluding hydrogens is 340 g/mol. The highest BCUT2D eigenvalue weighted by molar-refractivity contribution is 7.89. The third kappa shape index (κ3) is 3.06. The van der Waals surface area contributed by atoms with E-state index in [1.165, 1.54) is 26.3 Å². The van der Waals surface area contributed by atoms with Crippen molar-refractivity contribution in [2.45, 2.75) is 24.3 Å². The Morgan fingerprint density at radius 2 is 1.92 bits per heavy atom. The number of anilines is 1. The molecule has 0 aromatic heterocycles. The quantitative estimate of drug-likeness (QED) is 0.786. The van der Waals surface area contributed by atoms with Gasteiger partial charge in [-0.15, -0.1) is 0 Å². The van der Waals surface area contributed by atoms with Crippen LogP contribution in [0.2, 0.25) is 0 Å². The molecule has 1 aliphatic rings. The van der Waals surface area contributed by atoms with Crippen LogP contribution in [0.15, 0.2) is 53.4 Å². The van der Waals surface area contributed by atoms with Crippen molar-refractivity contribution in [2.75, 3.05) is 19.1 Å². The fourth-order valence-electron chi connectivity index (χ4n) is 3.05. The molecule has 25 heavy (non-hydrogen) atoms. The van der Waals surface area contributed by atoms with Crippen molar-refractivity contribution in [3.05, 3.63) is 59.7 Å². The highest BCUT2D eigenvalue weighted by Gasteiger charge is 2.32. The maximum atomic E-state index is 13.0. The van der Waals surface area contributed by atoms with Gasteiger partial charge >= 0.3 is 0 Å². The van der Waals surface area contributed by atoms with Crippen LogP contribution in [0.4, 0.5) is 5.69 Å². The average Bonchev–Trinajstić information content (AvgIpc) is 2.96. The van der Waals surface area contributed by atoms with Crippen LogP contribution < -0.4 is 4.90 Å². The summed E-state index contributed by atoms with van der Waals surface area (Å²) in [6, 6.07) is 13.8. The fraction of sp³-hybridized carbons (Fsp3) is 0.278. The van der Waals surface area contributed by atoms with E-state index in [1.807, 2.05) is 31.2 Å². The zero-order valence-corrected chi connectivity index (χ0v) is 15.2. The first-order chi connectivity index (χ1) is 11.9. The second-order valence-corrected chi connectivity index (χ2v) is 7.92. The van der Waals surface area contributed by atoms with E-state index in [0.29, 0.717) is 5.56 Å². The Kier molecular flexibility index (Phi) is 4.64. The normalized spacial score (nSPS) is 17.0. The highest BCUT2D eigenvalue weighted by Crippen LogP contribution is 2.33. The summed E-state index contributed by atoms with van der Waals surface area (Å²) < 4.78 is 25.6. The van der Waals surface area contributed by atoms with Crippen LogP contribution >= 0.6 is 0 Å². The molecule has 1 aliphatic heterocycles. The van der Waals surface area contributed by atoms with Gasteiger partial charge in [0.1, 0.15) is 0 Å². The van der Waals surface area contributed by atoms with E-state index in [4.69, 9.17) is 4.84 Å². The van der Waals surface area contributed by atoms with Gasteiger partial charge in [0.05, 0.1) is 12.0 Å². The molecule has 0 saturated heterocycles. The third-order valence-corrected chi connectivity index (χ3v) is 6.08. The zero-order valence-electron chi connectivity index (χ0n) is 14.3. The molecule has 2 aromatic carbocycles. The number of hydroxylamine groups is 1. The van der Waals surface area contributed by atoms with Gasteiger partial charge in [-0.05, 0) is 43.2 Å². The third-order valence-electron chi connectivity index (χ3n) is 4.40. The number of amides is 1. The molecule has 6 nitrogen and oxygen atoms in total. The van der Waals surface area contributed by atoms with Crippen LogP contribution in [0.5, 0.6) is 0 Å². The van der Waals surface area contributed by atoms with E-state index >= 15 is 0 Å². The van der Waals surface area contributed by atoms with E-state index in [-0.39, 0.29) is 16.8 Å². The summed E-state index contributed by atoms with van der Waals surface area (Å²) in [4.78, 5) is 19.5. The molecule has 0 bridgehead atoms. The Hall–Kier alpha value is -2.22. The lowest BCUT2D eigenvalue weighted by Gasteiger charge is -2.23. The Morgan fingerprint density at radius 1 is 1.20 bits per heavy atom. The maximum Gasteiger partial charge on any atom is 0.264 e. The number of hydrogen-bond donors (Lipinski definition) is 0. The Labute approximate surface area is 147 Å². The molecule has 2 aromatic rings. The standard InChI is InChI=1S/C18H20N2O4S/c1-13-11-14-7-4-5-10-17(14)20(13)18(21)15-8-6-9-16(12-15)25(22,23)19(2)24-3/h4-10,12-13H,11H2,1-3H3. The van der Waals surface area contributed by atoms with Gasteiger partial charge in [-0.2, -0.15) is 0 Å². The topological polar surface area (TPSA) is 66.9 Å². The zero-order chi connectivity index (χ0) is 18.2. The fourth-order valence-corrected chi connectivity index (χ4v) is 4.07. The lowest BCUT2D eigenvalue weighted by Crippen LogP contribution is -2.36. The average molecular weight is 360 g/mol. The predicted octanol–water partition coefficient (Wildman–Crippen LogP) is 2.46. The highest BCUT2D eigenvalue weighted by atomic mass is 32.2. The van der Waals surface area contributed by atoms with Crippen molar-refractivity contribution >= 4 is 21.6 Å². The number of hydrogen-bond acceptors (Lipinski definition) is 4. The van der Waals surface area contributed by atoms with Crippen LogP contribution in [-0.4, -0.2) is 39.0 Å². The summed E-state index contributed by atoms with van der Waals surface area (Å²) in [5, 5.41) is 0. The minimum atomic E-state index is -3.80. The van der Waals surface area contributed by atoms with E-state index < -0.39 is 10.0 Å². The molecule has 0 saturated carbocycles. The second kappa shape index (κ2) is 6.59. The smallest absolute Gasteiger partial charge is 0.264 e. The first kappa shape index (κ1) is 17.6. The van der Waals surface area contributed by atoms with Gasteiger partial charge in [0.25, 0.3) is 15.9 Å². The lowest BCUT2D eigenvalue weighted by atomic mass is 10.1. The molecule has 1 atom stereocenters. The van der Waals surface area contributed by atoms with Crippen molar-refractivity contribution in [1.82, 2.24) is 4.47 Å². The molecule has 7 heteroatoms. The molecule has 0 spiro atoms. The lowest BCUT2D eigenvalue weighted by molar-refractivity contribution is -0.0258. The summed E-state index contributed by atoms with van der Waals surface area (Å²) in [5.74, 6) is -0.213. The molecular formula is C18H20N2O4S. The van der Waals surface area contributed by atoms with E-state index in [1.54, 1.807) is 17.0 Å². The minimum absolute atomic E-state index is 0.0165. The summed E-state index contributed by atoms with van der Waals surface area (Å²) in [6.07, 6.45) is 0.784. The molecule has 0 N–H and O–H groups in total. The predicted molar refractivity (Wildman–Crippen MR) is 94.8 cm³/mol. The molecule has 1 amide bonds. The summed E-state index contributed by atoms with van der Waals surface area (Å²) in [5.41, 5.74) is 2.32. The van der Waals surface area contributed by atoms with Crippen LogP contribution in [0.3, 0.4) is 0 Å². The maximum absolute atomic E-state index is 13.0. The van der Waals surface area contributed by atoms with Gasteiger partial charge in [0, 0.05) is 24.3 Å². The molecule has 1 heterocycles. The minimum Gasteiger partial charge on any atom is -0.305 e. The van der Waals surface area contributed by atoms with Crippen LogP contribution in [0.25, 0.3) is 0 Å². The number of carbonyl (C=O) groups is 1. The molecule has 1 unspecified atom stereocenters. The van der Waals surface area contributed by atoms with Crippen molar-refractivity contribution in [3.63, 3.8) is 0 Å². The SMILES string of the molecule is CON(C)S(=O)(=O)c1cccc(C(=O)N2c3ccccc3CC2C)c1. The van der Waals surface area contributed by atoms with Gasteiger partial charge in [0.15, 0.2) is 0 Å². The number of nitrogens with zero attached hydrogens (tertiary/aromatic N) is 2. The number of para-hydroxylation sites is 1. The summed E-state index contributed by atoms with van der Waals surface area (Å²) in [6.45, 7) is 1.98. The Balaban J connectivity index is 1.98. The largest absolute Gasteiger partial charge is 0.305 e. The van der Waals surface area contributed by atoms with Gasteiger partial charge in [-0.3, -0.25) is 9.63 Å². The molecule has 0 aliphatic carbocycles. The number of sulfonamides is 1. The Morgan fingerprint density at radius 3 is 2.64 bits per heavy atom. The Bertz CT molecular complexity index is 911. The van der Waals surface area contributed by atoms with Gasteiger partial charge < -0.3 is 4.90 Å². The van der Waals surface area contributed by atoms with Crippen molar-refractivity contribution in [2.24, 2.45) is 0 Å². The van der Waals surface area contributed by atoms with E-state index in [0.717, 1.165) is 22.1 Å². The van der Waals surface area contributed by atoms with Gasteiger partial charge in [-0.1, -0.05) is 28.7 Å². The van der Waals surface area contributed by atoms with Crippen LogP contribution in [-0.2, 0) is 21.3 Å². The number of benzene rings is 2. The first-order valence-corrected chi connectivity index (χ1v) is 9.35. The van der Waals surface area contributed by atoms with Crippen molar-refractivity contribution < 1.29 is 18.0 Å². The van der Waals surface area contributed by atoms with Crippen molar-refractivity contribution in [1.29, 1.82) is 0 Å². The molecule has 132 valence electrons. The van der Waals surface area contributed by atoms with Crippen LogP contribution in [0, 0.1) is 0 Å². The second-order valence-electron chi connectivity index (χ2n) is 5.98. The summed E-state index contributed by atoms with van der Waals surface area (Å²) >= 11 is 0. The van der Waals surface area contributed by atoms with Gasteiger partial charge in [-0.25, -0.2) is 8.42 Å². The number of carbonyl (C=O) groups excluding carboxylic acids is 1. The summed E-state index contributed by atoms with van der Waals surface area (Å²) in [7, 11) is -1.22. The molecule has 3 rings (SSSR count). The van der Waals surface area contributed by atoms with Crippen LogP contribution in [0.1, 0.15) is 22.8 Å². The van der Waals surface area contributed by atoms with E-state index in [9.17, 15) is 13.2 Å². The van der Waals surface area contributed by atoms with Crippen molar-refractivity contribution in [3.8, 4) is 0 Å². The molecule has 0 fully saturated rings. The number of rotatable bonds is 4. The monoisotopic (exact) mass is 360 g/mol. The molecule has 0 radical (unpaired) electrons. The first-order valence-electron chi connectivity index (χ1n) is 7.91. The van der Waals surface area contributed by atoms with E-state index in [2.05, 4.69) is 0 Å². The van der Waals surface area contributed by atoms with Gasteiger partial charge in [0.2, 0.25) is 0 Å². The number of fused-ring (bicyclic) bond motifs is 1.